The van der Waals surface area contributed by atoms with Gasteiger partial charge in [-0.15, -0.1) is 0 Å². The zero-order valence-corrected chi connectivity index (χ0v) is 12.6. The van der Waals surface area contributed by atoms with Crippen LogP contribution in [0.1, 0.15) is 24.9 Å². The van der Waals surface area contributed by atoms with Crippen molar-refractivity contribution in [3.8, 4) is 0 Å². The third-order valence-electron chi connectivity index (χ3n) is 3.71. The molecule has 1 aliphatic heterocycles. The summed E-state index contributed by atoms with van der Waals surface area (Å²) in [5.74, 6) is -0.0816. The molecule has 1 heterocycles. The Hall–Kier alpha value is -2.62. The van der Waals surface area contributed by atoms with E-state index < -0.39 is 0 Å². The molecule has 1 aliphatic rings. The number of hydrazone groups is 1. The van der Waals surface area contributed by atoms with Gasteiger partial charge in [0.15, 0.2) is 0 Å². The van der Waals surface area contributed by atoms with Crippen LogP contribution in [-0.2, 0) is 4.79 Å². The predicted molar refractivity (Wildman–Crippen MR) is 88.8 cm³/mol. The van der Waals surface area contributed by atoms with E-state index in [4.69, 9.17) is 0 Å². The maximum Gasteiger partial charge on any atom is 0.267 e. The molecule has 0 spiro atoms. The number of benzene rings is 2. The van der Waals surface area contributed by atoms with Gasteiger partial charge in [-0.3, -0.25) is 9.80 Å². The van der Waals surface area contributed by atoms with Gasteiger partial charge in [0.25, 0.3) is 5.91 Å². The quantitative estimate of drug-likeness (QED) is 0.941. The van der Waals surface area contributed by atoms with Crippen molar-refractivity contribution in [1.29, 1.82) is 0 Å². The molecule has 0 saturated carbocycles. The Kier molecular flexibility index (Phi) is 4.19. The number of anilines is 1. The van der Waals surface area contributed by atoms with E-state index in [1.54, 1.807) is 0 Å². The fourth-order valence-corrected chi connectivity index (χ4v) is 2.66. The van der Waals surface area contributed by atoms with E-state index in [2.05, 4.69) is 22.6 Å². The second kappa shape index (κ2) is 6.43. The van der Waals surface area contributed by atoms with Crippen molar-refractivity contribution in [3.05, 3.63) is 66.2 Å². The van der Waals surface area contributed by atoms with Crippen LogP contribution in [0.25, 0.3) is 0 Å². The van der Waals surface area contributed by atoms with Crippen molar-refractivity contribution in [2.75, 3.05) is 11.6 Å². The third-order valence-corrected chi connectivity index (χ3v) is 3.71. The molecule has 3 rings (SSSR count). The van der Waals surface area contributed by atoms with Crippen molar-refractivity contribution < 1.29 is 4.79 Å². The van der Waals surface area contributed by atoms with Crippen molar-refractivity contribution in [1.82, 2.24) is 5.32 Å². The molecule has 22 heavy (non-hydrogen) atoms. The summed E-state index contributed by atoms with van der Waals surface area (Å²) in [5.41, 5.74) is 2.74. The first-order valence-corrected chi connectivity index (χ1v) is 7.54. The van der Waals surface area contributed by atoms with E-state index in [0.29, 0.717) is 18.7 Å². The lowest BCUT2D eigenvalue weighted by atomic mass is 10.0. The minimum absolute atomic E-state index is 0.0567. The first-order valence-electron chi connectivity index (χ1n) is 7.54. The Morgan fingerprint density at radius 2 is 1.77 bits per heavy atom. The van der Waals surface area contributed by atoms with Gasteiger partial charge in [0.1, 0.15) is 5.71 Å². The lowest BCUT2D eigenvalue weighted by Crippen LogP contribution is -2.29. The molecule has 1 unspecified atom stereocenters. The van der Waals surface area contributed by atoms with Gasteiger partial charge >= 0.3 is 0 Å². The van der Waals surface area contributed by atoms with Gasteiger partial charge in [0.2, 0.25) is 0 Å². The molecule has 4 nitrogen and oxygen atoms in total. The molecule has 1 atom stereocenters. The summed E-state index contributed by atoms with van der Waals surface area (Å²) in [6.07, 6.45) is 0.616. The Bertz CT molecular complexity index is 667. The van der Waals surface area contributed by atoms with Gasteiger partial charge in [-0.25, -0.2) is 0 Å². The van der Waals surface area contributed by atoms with Crippen molar-refractivity contribution in [2.24, 2.45) is 5.10 Å². The fourth-order valence-electron chi connectivity index (χ4n) is 2.66. The SMILES string of the molecule is CCNC(=O)C1=NN(c2ccccc2)C(c2ccccc2)C1. The van der Waals surface area contributed by atoms with Gasteiger partial charge < -0.3 is 5.32 Å². The maximum absolute atomic E-state index is 12.1. The summed E-state index contributed by atoms with van der Waals surface area (Å²) < 4.78 is 0. The van der Waals surface area contributed by atoms with Crippen molar-refractivity contribution in [2.45, 2.75) is 19.4 Å². The number of carbonyl (C=O) groups excluding carboxylic acids is 1. The number of carbonyl (C=O) groups is 1. The Balaban J connectivity index is 1.94. The summed E-state index contributed by atoms with van der Waals surface area (Å²) in [6.45, 7) is 2.52. The fraction of sp³-hybridized carbons (Fsp3) is 0.222. The van der Waals surface area contributed by atoms with E-state index >= 15 is 0 Å². The van der Waals surface area contributed by atoms with Gasteiger partial charge in [-0.1, -0.05) is 48.5 Å². The summed E-state index contributed by atoms with van der Waals surface area (Å²) in [5, 5.41) is 9.35. The number of nitrogens with one attached hydrogen (secondary N) is 1. The number of hydrogen-bond acceptors (Lipinski definition) is 3. The topological polar surface area (TPSA) is 44.7 Å². The van der Waals surface area contributed by atoms with E-state index in [-0.39, 0.29) is 11.9 Å². The molecule has 0 radical (unpaired) electrons. The van der Waals surface area contributed by atoms with E-state index in [1.165, 1.54) is 0 Å². The minimum atomic E-state index is -0.0816. The molecule has 1 N–H and O–H groups in total. The first-order chi connectivity index (χ1) is 10.8. The molecular weight excluding hydrogens is 274 g/mol. The summed E-state index contributed by atoms with van der Waals surface area (Å²) in [6, 6.07) is 20.2. The van der Waals surface area contributed by atoms with Gasteiger partial charge in [0, 0.05) is 13.0 Å². The van der Waals surface area contributed by atoms with Gasteiger partial charge in [-0.05, 0) is 24.6 Å². The normalized spacial score (nSPS) is 17.2. The van der Waals surface area contributed by atoms with Gasteiger partial charge in [-0.2, -0.15) is 5.10 Å². The van der Waals surface area contributed by atoms with E-state index in [1.807, 2.05) is 60.5 Å². The largest absolute Gasteiger partial charge is 0.351 e. The highest BCUT2D eigenvalue weighted by molar-refractivity contribution is 6.39. The van der Waals surface area contributed by atoms with E-state index in [9.17, 15) is 4.79 Å². The number of rotatable bonds is 4. The van der Waals surface area contributed by atoms with Crippen LogP contribution in [0.5, 0.6) is 0 Å². The van der Waals surface area contributed by atoms with Crippen LogP contribution < -0.4 is 10.3 Å². The molecule has 0 fully saturated rings. The van der Waals surface area contributed by atoms with Crippen molar-refractivity contribution in [3.63, 3.8) is 0 Å². The highest BCUT2D eigenvalue weighted by atomic mass is 16.2. The Morgan fingerprint density at radius 3 is 2.41 bits per heavy atom. The second-order valence-corrected chi connectivity index (χ2v) is 5.22. The van der Waals surface area contributed by atoms with Crippen LogP contribution in [0, 0.1) is 0 Å². The molecule has 2 aromatic rings. The molecular formula is C18H19N3O. The number of hydrogen-bond donors (Lipinski definition) is 1. The summed E-state index contributed by atoms with van der Waals surface area (Å²) in [4.78, 5) is 12.1. The summed E-state index contributed by atoms with van der Waals surface area (Å²) in [7, 11) is 0. The van der Waals surface area contributed by atoms with Crippen molar-refractivity contribution >= 4 is 17.3 Å². The zero-order valence-electron chi connectivity index (χ0n) is 12.6. The average Bonchev–Trinajstić information content (AvgIpc) is 3.02. The molecule has 1 amide bonds. The lowest BCUT2D eigenvalue weighted by molar-refractivity contribution is -0.114. The number of nitrogens with zero attached hydrogens (tertiary/aromatic N) is 2. The first kappa shape index (κ1) is 14.3. The number of amides is 1. The van der Waals surface area contributed by atoms with Crippen LogP contribution in [0.15, 0.2) is 65.8 Å². The molecule has 4 heteroatoms. The van der Waals surface area contributed by atoms with Crippen LogP contribution in [-0.4, -0.2) is 18.2 Å². The summed E-state index contributed by atoms with van der Waals surface area (Å²) >= 11 is 0. The second-order valence-electron chi connectivity index (χ2n) is 5.22. The Labute approximate surface area is 130 Å². The maximum atomic E-state index is 12.1. The molecule has 0 aliphatic carbocycles. The monoisotopic (exact) mass is 293 g/mol. The highest BCUT2D eigenvalue weighted by Gasteiger charge is 2.31. The van der Waals surface area contributed by atoms with Gasteiger partial charge in [0.05, 0.1) is 11.7 Å². The minimum Gasteiger partial charge on any atom is -0.351 e. The number of para-hydroxylation sites is 1. The Morgan fingerprint density at radius 1 is 1.14 bits per heavy atom. The molecule has 0 aromatic heterocycles. The highest BCUT2D eigenvalue weighted by Crippen LogP contribution is 2.34. The van der Waals surface area contributed by atoms with Crippen LogP contribution in [0.3, 0.4) is 0 Å². The van der Waals surface area contributed by atoms with Crippen LogP contribution in [0.2, 0.25) is 0 Å². The van der Waals surface area contributed by atoms with Crippen LogP contribution >= 0.6 is 0 Å². The standard InChI is InChI=1S/C18H19N3O/c1-2-19-18(22)16-13-17(14-9-5-3-6-10-14)21(20-16)15-11-7-4-8-12-15/h3-12,17H,2,13H2,1H3,(H,19,22). The molecule has 2 aromatic carbocycles. The molecule has 0 bridgehead atoms. The lowest BCUT2D eigenvalue weighted by Gasteiger charge is -2.23. The third kappa shape index (κ3) is 2.86. The van der Waals surface area contributed by atoms with Crippen LogP contribution in [0.4, 0.5) is 5.69 Å². The van der Waals surface area contributed by atoms with E-state index in [0.717, 1.165) is 11.3 Å². The predicted octanol–water partition coefficient (Wildman–Crippen LogP) is 3.13. The average molecular weight is 293 g/mol. The molecule has 0 saturated heterocycles. The zero-order chi connectivity index (χ0) is 15.4. The smallest absolute Gasteiger partial charge is 0.267 e. The molecule has 112 valence electrons.